The van der Waals surface area contributed by atoms with Crippen LogP contribution < -0.4 is 5.43 Å². The third-order valence-electron chi connectivity index (χ3n) is 4.52. The lowest BCUT2D eigenvalue weighted by Crippen LogP contribution is -2.51. The molecule has 1 saturated heterocycles. The summed E-state index contributed by atoms with van der Waals surface area (Å²) in [4.78, 5) is 16.7. The monoisotopic (exact) mass is 311 g/mol. The van der Waals surface area contributed by atoms with Crippen LogP contribution >= 0.6 is 0 Å². The molecule has 0 radical (unpaired) electrons. The van der Waals surface area contributed by atoms with Crippen molar-refractivity contribution in [3.05, 3.63) is 28.7 Å². The summed E-state index contributed by atoms with van der Waals surface area (Å²) in [7, 11) is -3.68. The molecular weight excluding hydrogens is 290 g/mol. The molecule has 1 aliphatic heterocycles. The van der Waals surface area contributed by atoms with Crippen LogP contribution in [-0.2, 0) is 10.0 Å². The van der Waals surface area contributed by atoms with Gasteiger partial charge in [0.15, 0.2) is 0 Å². The fourth-order valence-electron chi connectivity index (χ4n) is 3.32. The van der Waals surface area contributed by atoms with E-state index in [-0.39, 0.29) is 4.90 Å². The van der Waals surface area contributed by atoms with Crippen molar-refractivity contribution < 1.29 is 8.42 Å². The van der Waals surface area contributed by atoms with E-state index in [1.807, 2.05) is 0 Å². The smallest absolute Gasteiger partial charge is 0.248 e. The number of H-pyrrole nitrogens is 1. The van der Waals surface area contributed by atoms with Crippen molar-refractivity contribution >= 4 is 10.0 Å². The second-order valence-electron chi connectivity index (χ2n) is 5.75. The van der Waals surface area contributed by atoms with E-state index in [4.69, 9.17) is 0 Å². The quantitative estimate of drug-likeness (QED) is 0.888. The van der Waals surface area contributed by atoms with Crippen LogP contribution in [0.15, 0.2) is 28.2 Å². The molecular formula is C14H21N3O3S. The van der Waals surface area contributed by atoms with E-state index in [9.17, 15) is 13.2 Å². The van der Waals surface area contributed by atoms with E-state index < -0.39 is 15.5 Å². The Labute approximate surface area is 124 Å². The zero-order valence-corrected chi connectivity index (χ0v) is 12.8. The zero-order valence-electron chi connectivity index (χ0n) is 12.0. The summed E-state index contributed by atoms with van der Waals surface area (Å²) in [6.07, 6.45) is 7.74. The van der Waals surface area contributed by atoms with Crippen LogP contribution in [0.4, 0.5) is 0 Å². The van der Waals surface area contributed by atoms with Gasteiger partial charge in [-0.25, -0.2) is 8.42 Å². The maximum absolute atomic E-state index is 12.5. The Morgan fingerprint density at radius 1 is 1.10 bits per heavy atom. The Morgan fingerprint density at radius 2 is 1.76 bits per heavy atom. The van der Waals surface area contributed by atoms with E-state index >= 15 is 0 Å². The summed E-state index contributed by atoms with van der Waals surface area (Å²) in [5, 5.41) is 0. The fourth-order valence-corrected chi connectivity index (χ4v) is 4.78. The highest BCUT2D eigenvalue weighted by Gasteiger charge is 2.32. The highest BCUT2D eigenvalue weighted by Crippen LogP contribution is 2.25. The lowest BCUT2D eigenvalue weighted by atomic mass is 10.2. The molecule has 1 N–H and O–H groups in total. The number of sulfonamides is 1. The van der Waals surface area contributed by atoms with Crippen molar-refractivity contribution in [1.29, 1.82) is 0 Å². The first kappa shape index (κ1) is 14.7. The number of aromatic nitrogens is 1. The SMILES string of the molecule is O=c1cc[nH]cc1S(=O)(=O)N1CCN(C2CCCC2)CC1. The number of piperazine rings is 1. The summed E-state index contributed by atoms with van der Waals surface area (Å²) in [6.45, 7) is 2.45. The molecule has 1 aliphatic carbocycles. The minimum Gasteiger partial charge on any atom is -0.366 e. The average Bonchev–Trinajstić information content (AvgIpc) is 3.02. The summed E-state index contributed by atoms with van der Waals surface area (Å²) in [5.41, 5.74) is -0.452. The van der Waals surface area contributed by atoms with Crippen LogP contribution in [0.25, 0.3) is 0 Å². The molecule has 0 aromatic carbocycles. The molecule has 0 unspecified atom stereocenters. The molecule has 0 bridgehead atoms. The number of hydrogen-bond donors (Lipinski definition) is 1. The van der Waals surface area contributed by atoms with Crippen LogP contribution in [0, 0.1) is 0 Å². The Hall–Kier alpha value is -1.18. The van der Waals surface area contributed by atoms with Gasteiger partial charge in [0.25, 0.3) is 0 Å². The van der Waals surface area contributed by atoms with Crippen LogP contribution in [0.1, 0.15) is 25.7 Å². The standard InChI is InChI=1S/C14H21N3O3S/c18-13-5-6-15-11-14(13)21(19,20)17-9-7-16(8-10-17)12-3-1-2-4-12/h5-6,11-12H,1-4,7-10H2,(H,15,18). The van der Waals surface area contributed by atoms with Crippen molar-refractivity contribution in [2.75, 3.05) is 26.2 Å². The molecule has 6 nitrogen and oxygen atoms in total. The first-order valence-electron chi connectivity index (χ1n) is 7.50. The molecule has 2 heterocycles. The molecule has 21 heavy (non-hydrogen) atoms. The molecule has 0 atom stereocenters. The van der Waals surface area contributed by atoms with E-state index in [1.54, 1.807) is 0 Å². The van der Waals surface area contributed by atoms with Gasteiger partial charge < -0.3 is 4.98 Å². The minimum atomic E-state index is -3.68. The van der Waals surface area contributed by atoms with Crippen LogP contribution in [-0.4, -0.2) is 54.8 Å². The van der Waals surface area contributed by atoms with Gasteiger partial charge in [-0.2, -0.15) is 4.31 Å². The van der Waals surface area contributed by atoms with Crippen LogP contribution in [0.2, 0.25) is 0 Å². The van der Waals surface area contributed by atoms with Crippen molar-refractivity contribution in [3.8, 4) is 0 Å². The Kier molecular flexibility index (Phi) is 4.14. The summed E-state index contributed by atoms with van der Waals surface area (Å²) < 4.78 is 26.5. The summed E-state index contributed by atoms with van der Waals surface area (Å²) >= 11 is 0. The van der Waals surface area contributed by atoms with Crippen molar-refractivity contribution in [2.24, 2.45) is 0 Å². The first-order valence-corrected chi connectivity index (χ1v) is 8.94. The molecule has 2 aliphatic rings. The fraction of sp³-hybridized carbons (Fsp3) is 0.643. The number of rotatable bonds is 3. The van der Waals surface area contributed by atoms with Gasteiger partial charge >= 0.3 is 0 Å². The predicted octanol–water partition coefficient (Wildman–Crippen LogP) is 0.624. The van der Waals surface area contributed by atoms with Gasteiger partial charge in [-0.1, -0.05) is 12.8 Å². The maximum Gasteiger partial charge on any atom is 0.248 e. The van der Waals surface area contributed by atoms with Crippen molar-refractivity contribution in [3.63, 3.8) is 0 Å². The molecule has 2 fully saturated rings. The highest BCUT2D eigenvalue weighted by atomic mass is 32.2. The first-order chi connectivity index (χ1) is 10.1. The number of pyridine rings is 1. The zero-order chi connectivity index (χ0) is 14.9. The molecule has 0 amide bonds. The summed E-state index contributed by atoms with van der Waals surface area (Å²) in [6, 6.07) is 1.87. The maximum atomic E-state index is 12.5. The van der Waals surface area contributed by atoms with E-state index in [2.05, 4.69) is 9.88 Å². The van der Waals surface area contributed by atoms with Crippen LogP contribution in [0.3, 0.4) is 0 Å². The second-order valence-corrected chi connectivity index (χ2v) is 7.66. The van der Waals surface area contributed by atoms with Crippen molar-refractivity contribution in [2.45, 2.75) is 36.6 Å². The Morgan fingerprint density at radius 3 is 2.38 bits per heavy atom. The number of aromatic amines is 1. The van der Waals surface area contributed by atoms with E-state index in [0.717, 1.165) is 13.1 Å². The Bertz CT molecular complexity index is 641. The minimum absolute atomic E-state index is 0.153. The number of nitrogens with zero attached hydrogens (tertiary/aromatic N) is 2. The number of nitrogens with one attached hydrogen (secondary N) is 1. The van der Waals surface area contributed by atoms with E-state index in [0.29, 0.717) is 19.1 Å². The van der Waals surface area contributed by atoms with E-state index in [1.165, 1.54) is 48.4 Å². The third-order valence-corrected chi connectivity index (χ3v) is 6.44. The predicted molar refractivity (Wildman–Crippen MR) is 79.7 cm³/mol. The molecule has 0 spiro atoms. The van der Waals surface area contributed by atoms with Gasteiger partial charge in [-0.05, 0) is 12.8 Å². The molecule has 1 saturated carbocycles. The molecule has 1 aromatic heterocycles. The largest absolute Gasteiger partial charge is 0.366 e. The van der Waals surface area contributed by atoms with Gasteiger partial charge in [0, 0.05) is 50.7 Å². The second kappa shape index (κ2) is 5.90. The molecule has 116 valence electrons. The lowest BCUT2D eigenvalue weighted by Gasteiger charge is -2.37. The van der Waals surface area contributed by atoms with Gasteiger partial charge in [0.05, 0.1) is 0 Å². The highest BCUT2D eigenvalue weighted by molar-refractivity contribution is 7.89. The van der Waals surface area contributed by atoms with Gasteiger partial charge in [-0.15, -0.1) is 0 Å². The molecule has 1 aromatic rings. The normalized spacial score (nSPS) is 22.7. The lowest BCUT2D eigenvalue weighted by molar-refractivity contribution is 0.139. The van der Waals surface area contributed by atoms with Crippen molar-refractivity contribution in [1.82, 2.24) is 14.2 Å². The summed E-state index contributed by atoms with van der Waals surface area (Å²) in [5.74, 6) is 0. The van der Waals surface area contributed by atoms with Gasteiger partial charge in [0.1, 0.15) is 4.90 Å². The van der Waals surface area contributed by atoms with Crippen LogP contribution in [0.5, 0.6) is 0 Å². The Balaban J connectivity index is 1.71. The third kappa shape index (κ3) is 2.90. The topological polar surface area (TPSA) is 73.5 Å². The average molecular weight is 311 g/mol. The van der Waals surface area contributed by atoms with Gasteiger partial charge in [-0.3, -0.25) is 9.69 Å². The molecule has 7 heteroatoms. The molecule has 3 rings (SSSR count). The number of hydrogen-bond acceptors (Lipinski definition) is 4. The van der Waals surface area contributed by atoms with Gasteiger partial charge in [0.2, 0.25) is 15.5 Å².